The molecule has 2 heterocycles. The molecule has 0 radical (unpaired) electrons. The van der Waals surface area contributed by atoms with Gasteiger partial charge >= 0.3 is 0 Å². The predicted octanol–water partition coefficient (Wildman–Crippen LogP) is 3.25. The molecule has 2 saturated heterocycles. The summed E-state index contributed by atoms with van der Waals surface area (Å²) in [6.07, 6.45) is 6.46. The number of benzene rings is 1. The lowest BCUT2D eigenvalue weighted by atomic mass is 9.82. The molecular formula is C15H21FN2. The van der Waals surface area contributed by atoms with Crippen LogP contribution in [0.25, 0.3) is 0 Å². The lowest BCUT2D eigenvalue weighted by Gasteiger charge is -2.47. The van der Waals surface area contributed by atoms with Gasteiger partial charge in [0.2, 0.25) is 0 Å². The van der Waals surface area contributed by atoms with Crippen LogP contribution in [0.3, 0.4) is 0 Å². The van der Waals surface area contributed by atoms with E-state index in [1.165, 1.54) is 44.2 Å². The molecule has 1 aromatic carbocycles. The number of fused-ring (bicyclic) bond motifs is 2. The summed E-state index contributed by atoms with van der Waals surface area (Å²) in [5.41, 5.74) is 1.05. The molecule has 3 heteroatoms. The molecule has 2 aliphatic rings. The van der Waals surface area contributed by atoms with Gasteiger partial charge < -0.3 is 10.2 Å². The summed E-state index contributed by atoms with van der Waals surface area (Å²) in [5, 5.41) is 3.56. The van der Waals surface area contributed by atoms with Crippen LogP contribution in [-0.2, 0) is 0 Å². The molecule has 0 aromatic heterocycles. The molecule has 2 unspecified atom stereocenters. The fourth-order valence-electron chi connectivity index (χ4n) is 3.52. The highest BCUT2D eigenvalue weighted by molar-refractivity contribution is 5.44. The zero-order valence-corrected chi connectivity index (χ0v) is 10.9. The second-order valence-corrected chi connectivity index (χ2v) is 5.72. The Hall–Kier alpha value is -1.09. The minimum Gasteiger partial charge on any atom is -0.382 e. The van der Waals surface area contributed by atoms with E-state index in [0.29, 0.717) is 6.04 Å². The van der Waals surface area contributed by atoms with Crippen molar-refractivity contribution in [1.29, 1.82) is 0 Å². The van der Waals surface area contributed by atoms with E-state index in [1.807, 2.05) is 12.1 Å². The predicted molar refractivity (Wildman–Crippen MR) is 72.2 cm³/mol. The fourth-order valence-corrected chi connectivity index (χ4v) is 3.52. The number of hydrogen-bond donors (Lipinski definition) is 1. The second-order valence-electron chi connectivity index (χ2n) is 5.72. The van der Waals surface area contributed by atoms with Crippen LogP contribution in [0.2, 0.25) is 0 Å². The van der Waals surface area contributed by atoms with Gasteiger partial charge in [-0.15, -0.1) is 0 Å². The zero-order valence-electron chi connectivity index (χ0n) is 10.9. The van der Waals surface area contributed by atoms with Crippen molar-refractivity contribution in [2.45, 2.75) is 50.2 Å². The summed E-state index contributed by atoms with van der Waals surface area (Å²) >= 11 is 0. The molecule has 1 N–H and O–H groups in total. The Morgan fingerprint density at radius 3 is 2.33 bits per heavy atom. The number of piperidine rings is 2. The van der Waals surface area contributed by atoms with Crippen LogP contribution < -0.4 is 5.32 Å². The normalized spacial score (nSPS) is 32.2. The van der Waals surface area contributed by atoms with E-state index in [4.69, 9.17) is 0 Å². The number of nitrogens with zero attached hydrogens (tertiary/aromatic N) is 1. The Kier molecular flexibility index (Phi) is 3.25. The van der Waals surface area contributed by atoms with Gasteiger partial charge in [0, 0.05) is 23.8 Å². The Morgan fingerprint density at radius 1 is 1.11 bits per heavy atom. The lowest BCUT2D eigenvalue weighted by Crippen LogP contribution is -2.52. The van der Waals surface area contributed by atoms with Crippen molar-refractivity contribution in [2.75, 3.05) is 12.4 Å². The van der Waals surface area contributed by atoms with Gasteiger partial charge in [-0.2, -0.15) is 0 Å². The molecule has 2 fully saturated rings. The monoisotopic (exact) mass is 248 g/mol. The topological polar surface area (TPSA) is 15.3 Å². The fraction of sp³-hybridized carbons (Fsp3) is 0.600. The van der Waals surface area contributed by atoms with E-state index in [0.717, 1.165) is 17.8 Å². The van der Waals surface area contributed by atoms with Gasteiger partial charge in [0.1, 0.15) is 5.82 Å². The van der Waals surface area contributed by atoms with Crippen LogP contribution in [0.15, 0.2) is 24.3 Å². The van der Waals surface area contributed by atoms with Crippen LogP contribution in [0.5, 0.6) is 0 Å². The third-order valence-corrected chi connectivity index (χ3v) is 4.55. The van der Waals surface area contributed by atoms with Gasteiger partial charge in [0.15, 0.2) is 0 Å². The van der Waals surface area contributed by atoms with Gasteiger partial charge in [0.25, 0.3) is 0 Å². The Morgan fingerprint density at radius 2 is 1.72 bits per heavy atom. The number of nitrogens with one attached hydrogen (secondary N) is 1. The summed E-state index contributed by atoms with van der Waals surface area (Å²) in [4.78, 5) is 2.56. The van der Waals surface area contributed by atoms with Crippen molar-refractivity contribution in [3.63, 3.8) is 0 Å². The van der Waals surface area contributed by atoms with Crippen LogP contribution in [0.1, 0.15) is 32.1 Å². The average Bonchev–Trinajstić information content (AvgIpc) is 2.33. The zero-order chi connectivity index (χ0) is 12.5. The largest absolute Gasteiger partial charge is 0.382 e. The van der Waals surface area contributed by atoms with Gasteiger partial charge in [-0.25, -0.2) is 4.39 Å². The van der Waals surface area contributed by atoms with Crippen molar-refractivity contribution >= 4 is 5.69 Å². The van der Waals surface area contributed by atoms with E-state index < -0.39 is 0 Å². The molecule has 2 aliphatic heterocycles. The van der Waals surface area contributed by atoms with Crippen molar-refractivity contribution in [1.82, 2.24) is 4.90 Å². The van der Waals surface area contributed by atoms with Gasteiger partial charge in [-0.3, -0.25) is 0 Å². The lowest BCUT2D eigenvalue weighted by molar-refractivity contribution is 0.0608. The standard InChI is InChI=1S/C15H21FN2/c1-18-14-3-2-4-15(18)10-13(9-14)17-12-7-5-11(16)6-8-12/h5-8,13-15,17H,2-4,9-10H2,1H3. The molecule has 0 aliphatic carbocycles. The van der Waals surface area contributed by atoms with Gasteiger partial charge in [-0.05, 0) is 57.0 Å². The highest BCUT2D eigenvalue weighted by Gasteiger charge is 2.35. The molecule has 2 bridgehead atoms. The van der Waals surface area contributed by atoms with E-state index in [9.17, 15) is 4.39 Å². The Bertz CT molecular complexity index is 389. The Balaban J connectivity index is 1.66. The minimum atomic E-state index is -0.166. The molecule has 2 nitrogen and oxygen atoms in total. The first-order valence-electron chi connectivity index (χ1n) is 6.96. The number of halogens is 1. The highest BCUT2D eigenvalue weighted by atomic mass is 19.1. The first-order chi connectivity index (χ1) is 8.72. The SMILES string of the molecule is CN1C2CCCC1CC(Nc1ccc(F)cc1)C2. The van der Waals surface area contributed by atoms with E-state index in [-0.39, 0.29) is 5.82 Å². The summed E-state index contributed by atoms with van der Waals surface area (Å²) in [5.74, 6) is -0.166. The third kappa shape index (κ3) is 2.37. The average molecular weight is 248 g/mol. The molecule has 0 spiro atoms. The van der Waals surface area contributed by atoms with Crippen molar-refractivity contribution in [3.8, 4) is 0 Å². The first kappa shape index (κ1) is 12.0. The maximum Gasteiger partial charge on any atom is 0.123 e. The Labute approximate surface area is 108 Å². The molecule has 1 aromatic rings. The summed E-state index contributed by atoms with van der Waals surface area (Å²) in [6, 6.07) is 8.73. The maximum atomic E-state index is 12.9. The number of anilines is 1. The van der Waals surface area contributed by atoms with Gasteiger partial charge in [0.05, 0.1) is 0 Å². The highest BCUT2D eigenvalue weighted by Crippen LogP contribution is 2.33. The van der Waals surface area contributed by atoms with Crippen molar-refractivity contribution < 1.29 is 4.39 Å². The molecular weight excluding hydrogens is 227 g/mol. The molecule has 98 valence electrons. The number of hydrogen-bond acceptors (Lipinski definition) is 2. The molecule has 0 amide bonds. The molecule has 18 heavy (non-hydrogen) atoms. The third-order valence-electron chi connectivity index (χ3n) is 4.55. The van der Waals surface area contributed by atoms with Crippen LogP contribution in [0, 0.1) is 5.82 Å². The van der Waals surface area contributed by atoms with E-state index >= 15 is 0 Å². The smallest absolute Gasteiger partial charge is 0.123 e. The molecule has 0 saturated carbocycles. The van der Waals surface area contributed by atoms with Crippen LogP contribution in [-0.4, -0.2) is 30.1 Å². The van der Waals surface area contributed by atoms with Crippen LogP contribution in [0.4, 0.5) is 10.1 Å². The second kappa shape index (κ2) is 4.88. The summed E-state index contributed by atoms with van der Waals surface area (Å²) < 4.78 is 12.9. The summed E-state index contributed by atoms with van der Waals surface area (Å²) in [7, 11) is 2.27. The molecule has 3 rings (SSSR count). The van der Waals surface area contributed by atoms with E-state index in [2.05, 4.69) is 17.3 Å². The van der Waals surface area contributed by atoms with E-state index in [1.54, 1.807) is 0 Å². The number of rotatable bonds is 2. The first-order valence-corrected chi connectivity index (χ1v) is 6.96. The van der Waals surface area contributed by atoms with Crippen molar-refractivity contribution in [2.24, 2.45) is 0 Å². The molecule has 2 atom stereocenters. The maximum absolute atomic E-state index is 12.9. The summed E-state index contributed by atoms with van der Waals surface area (Å²) in [6.45, 7) is 0. The quantitative estimate of drug-likeness (QED) is 0.864. The minimum absolute atomic E-state index is 0.166. The van der Waals surface area contributed by atoms with Crippen LogP contribution >= 0.6 is 0 Å². The van der Waals surface area contributed by atoms with Gasteiger partial charge in [-0.1, -0.05) is 6.42 Å². The van der Waals surface area contributed by atoms with Crippen molar-refractivity contribution in [3.05, 3.63) is 30.1 Å².